The van der Waals surface area contributed by atoms with Crippen LogP contribution in [0.5, 0.6) is 0 Å². The number of esters is 1. The summed E-state index contributed by atoms with van der Waals surface area (Å²) in [5.41, 5.74) is 0.308. The van der Waals surface area contributed by atoms with Gasteiger partial charge < -0.3 is 14.6 Å². The zero-order valence-corrected chi connectivity index (χ0v) is 18.6. The molecule has 0 bridgehead atoms. The lowest BCUT2D eigenvalue weighted by atomic mass is 10.1. The van der Waals surface area contributed by atoms with Crippen LogP contribution in [0.2, 0.25) is 0 Å². The molecule has 0 aliphatic heterocycles. The van der Waals surface area contributed by atoms with E-state index in [0.717, 1.165) is 6.26 Å². The van der Waals surface area contributed by atoms with Gasteiger partial charge in [0, 0.05) is 16.6 Å². The maximum absolute atomic E-state index is 12.5. The van der Waals surface area contributed by atoms with E-state index in [0.29, 0.717) is 15.9 Å². The van der Waals surface area contributed by atoms with Gasteiger partial charge in [-0.15, -0.1) is 0 Å². The number of rotatable bonds is 9. The topological polar surface area (TPSA) is 128 Å². The zero-order chi connectivity index (χ0) is 21.6. The van der Waals surface area contributed by atoms with Crippen LogP contribution in [0.1, 0.15) is 48.3 Å². The lowest BCUT2D eigenvalue weighted by Crippen LogP contribution is -2.43. The highest BCUT2D eigenvalue weighted by molar-refractivity contribution is 9.10. The first-order chi connectivity index (χ1) is 13.6. The molecular formula is C18H22BrN3O6S. The first kappa shape index (κ1) is 23.0. The molecule has 9 nitrogen and oxygen atoms in total. The van der Waals surface area contributed by atoms with Gasteiger partial charge in [-0.25, -0.2) is 13.2 Å². The summed E-state index contributed by atoms with van der Waals surface area (Å²) < 4.78 is 33.7. The second-order valence-corrected chi connectivity index (χ2v) is 9.85. The summed E-state index contributed by atoms with van der Waals surface area (Å²) in [6, 6.07) is 5.51. The third kappa shape index (κ3) is 7.24. The number of benzene rings is 1. The van der Waals surface area contributed by atoms with Crippen molar-refractivity contribution in [3.05, 3.63) is 46.0 Å². The quantitative estimate of drug-likeness (QED) is 0.533. The predicted octanol–water partition coefficient (Wildman–Crippen LogP) is 2.23. The van der Waals surface area contributed by atoms with E-state index >= 15 is 0 Å². The average Bonchev–Trinajstić information content (AvgIpc) is 3.12. The molecule has 29 heavy (non-hydrogen) atoms. The van der Waals surface area contributed by atoms with Crippen LogP contribution in [0.25, 0.3) is 0 Å². The molecule has 1 N–H and O–H groups in total. The third-order valence-electron chi connectivity index (χ3n) is 3.82. The first-order valence-corrected chi connectivity index (χ1v) is 11.6. The number of nitrogens with zero attached hydrogens (tertiary/aromatic N) is 2. The molecular weight excluding hydrogens is 466 g/mol. The normalized spacial score (nSPS) is 12.6. The highest BCUT2D eigenvalue weighted by atomic mass is 79.9. The monoisotopic (exact) mass is 487 g/mol. The summed E-state index contributed by atoms with van der Waals surface area (Å²) >= 11 is 3.27. The number of carbonyl (C=O) groups is 2. The Morgan fingerprint density at radius 3 is 2.55 bits per heavy atom. The van der Waals surface area contributed by atoms with Crippen molar-refractivity contribution in [3.8, 4) is 0 Å². The summed E-state index contributed by atoms with van der Waals surface area (Å²) in [6.07, 6.45) is 0.922. The zero-order valence-electron chi connectivity index (χ0n) is 16.2. The van der Waals surface area contributed by atoms with Gasteiger partial charge in [0.15, 0.2) is 12.4 Å². The fourth-order valence-electron chi connectivity index (χ4n) is 2.26. The number of sulfone groups is 1. The minimum absolute atomic E-state index is 0.0503. The van der Waals surface area contributed by atoms with Crippen LogP contribution in [0, 0.1) is 0 Å². The Bertz CT molecular complexity index is 973. The van der Waals surface area contributed by atoms with E-state index in [1.54, 1.807) is 24.3 Å². The van der Waals surface area contributed by atoms with E-state index in [1.807, 2.05) is 13.8 Å². The Morgan fingerprint density at radius 1 is 1.28 bits per heavy atom. The highest BCUT2D eigenvalue weighted by Crippen LogP contribution is 2.16. The molecule has 1 atom stereocenters. The maximum Gasteiger partial charge on any atom is 0.329 e. The summed E-state index contributed by atoms with van der Waals surface area (Å²) in [5.74, 6) is -0.977. The van der Waals surface area contributed by atoms with Crippen LogP contribution in [-0.4, -0.2) is 48.5 Å². The number of halogens is 1. The van der Waals surface area contributed by atoms with E-state index in [1.165, 1.54) is 0 Å². The minimum Gasteiger partial charge on any atom is -0.454 e. The van der Waals surface area contributed by atoms with Crippen LogP contribution < -0.4 is 5.32 Å². The van der Waals surface area contributed by atoms with Gasteiger partial charge in [0.2, 0.25) is 0 Å². The van der Waals surface area contributed by atoms with Crippen molar-refractivity contribution in [2.24, 2.45) is 0 Å². The molecule has 11 heteroatoms. The molecule has 0 aliphatic rings. The largest absolute Gasteiger partial charge is 0.454 e. The van der Waals surface area contributed by atoms with E-state index in [2.05, 4.69) is 31.4 Å². The molecule has 1 aromatic carbocycles. The van der Waals surface area contributed by atoms with Gasteiger partial charge >= 0.3 is 5.97 Å². The van der Waals surface area contributed by atoms with Crippen molar-refractivity contribution in [2.45, 2.75) is 38.8 Å². The number of hydrogen-bond acceptors (Lipinski definition) is 8. The molecule has 2 rings (SSSR count). The van der Waals surface area contributed by atoms with Crippen molar-refractivity contribution >= 4 is 37.6 Å². The number of ether oxygens (including phenoxy) is 1. The van der Waals surface area contributed by atoms with E-state index in [9.17, 15) is 18.0 Å². The number of hydrogen-bond donors (Lipinski definition) is 1. The van der Waals surface area contributed by atoms with E-state index in [4.69, 9.17) is 9.26 Å². The molecule has 0 fully saturated rings. The second kappa shape index (κ2) is 9.97. The summed E-state index contributed by atoms with van der Waals surface area (Å²) in [5, 5.41) is 6.30. The van der Waals surface area contributed by atoms with Crippen LogP contribution >= 0.6 is 15.9 Å². The van der Waals surface area contributed by atoms with Gasteiger partial charge in [-0.1, -0.05) is 31.1 Å². The van der Waals surface area contributed by atoms with Crippen molar-refractivity contribution in [3.63, 3.8) is 0 Å². The lowest BCUT2D eigenvalue weighted by molar-refractivity contribution is -0.148. The van der Waals surface area contributed by atoms with Gasteiger partial charge in [-0.05, 0) is 34.5 Å². The fraction of sp³-hybridized carbons (Fsp3) is 0.444. The van der Waals surface area contributed by atoms with Crippen LogP contribution in [0.15, 0.2) is 33.3 Å². The Balaban J connectivity index is 2.08. The van der Waals surface area contributed by atoms with E-state index < -0.39 is 27.8 Å². The Morgan fingerprint density at radius 2 is 1.97 bits per heavy atom. The number of aromatic nitrogens is 2. The Hall–Kier alpha value is -2.27. The Labute approximate surface area is 177 Å². The lowest BCUT2D eigenvalue weighted by Gasteiger charge is -2.17. The Kier molecular flexibility index (Phi) is 7.91. The summed E-state index contributed by atoms with van der Waals surface area (Å²) in [6.45, 7) is 3.50. The predicted molar refractivity (Wildman–Crippen MR) is 108 cm³/mol. The van der Waals surface area contributed by atoms with Crippen LogP contribution in [-0.2, 0) is 26.0 Å². The van der Waals surface area contributed by atoms with Crippen LogP contribution in [0.4, 0.5) is 0 Å². The van der Waals surface area contributed by atoms with Crippen LogP contribution in [0.3, 0.4) is 0 Å². The smallest absolute Gasteiger partial charge is 0.329 e. The SMILES string of the molecule is CC(C)c1noc(COC(=O)C(CCS(C)(=O)=O)NC(=O)c2ccccc2Br)n1. The van der Waals surface area contributed by atoms with Gasteiger partial charge in [0.25, 0.3) is 11.8 Å². The standard InChI is InChI=1S/C18H22BrN3O6S/c1-11(2)16-21-15(28-22-16)10-27-18(24)14(8-9-29(3,25)26)20-17(23)12-6-4-5-7-13(12)19/h4-7,11,14H,8-10H2,1-3H3,(H,20,23). The third-order valence-corrected chi connectivity index (χ3v) is 5.49. The van der Waals surface area contributed by atoms with Crippen molar-refractivity contribution in [1.82, 2.24) is 15.5 Å². The molecule has 0 saturated carbocycles. The van der Waals surface area contributed by atoms with Gasteiger partial charge in [0.1, 0.15) is 15.9 Å². The second-order valence-electron chi connectivity index (χ2n) is 6.73. The van der Waals surface area contributed by atoms with Crippen molar-refractivity contribution in [2.75, 3.05) is 12.0 Å². The van der Waals surface area contributed by atoms with Crippen molar-refractivity contribution < 1.29 is 27.3 Å². The van der Waals surface area contributed by atoms with Crippen molar-refractivity contribution in [1.29, 1.82) is 0 Å². The van der Waals surface area contributed by atoms with Gasteiger partial charge in [0.05, 0.1) is 11.3 Å². The molecule has 0 aliphatic carbocycles. The highest BCUT2D eigenvalue weighted by Gasteiger charge is 2.26. The summed E-state index contributed by atoms with van der Waals surface area (Å²) in [4.78, 5) is 29.1. The number of amides is 1. The van der Waals surface area contributed by atoms with Gasteiger partial charge in [-0.3, -0.25) is 4.79 Å². The summed E-state index contributed by atoms with van der Waals surface area (Å²) in [7, 11) is -3.34. The minimum atomic E-state index is -3.34. The first-order valence-electron chi connectivity index (χ1n) is 8.79. The molecule has 1 aromatic heterocycles. The molecule has 1 heterocycles. The number of carbonyl (C=O) groups excluding carboxylic acids is 2. The molecule has 158 valence electrons. The number of nitrogens with one attached hydrogen (secondary N) is 1. The molecule has 0 radical (unpaired) electrons. The maximum atomic E-state index is 12.5. The molecule has 0 spiro atoms. The molecule has 2 aromatic rings. The van der Waals surface area contributed by atoms with E-state index in [-0.39, 0.29) is 30.6 Å². The molecule has 0 saturated heterocycles. The average molecular weight is 488 g/mol. The van der Waals surface area contributed by atoms with Gasteiger partial charge in [-0.2, -0.15) is 4.98 Å². The molecule has 1 amide bonds. The molecule has 1 unspecified atom stereocenters. The fourth-order valence-corrected chi connectivity index (χ4v) is 3.39.